The lowest BCUT2D eigenvalue weighted by atomic mass is 10.2. The predicted molar refractivity (Wildman–Crippen MR) is 79.4 cm³/mol. The Morgan fingerprint density at radius 1 is 1.33 bits per heavy atom. The van der Waals surface area contributed by atoms with Crippen molar-refractivity contribution in [2.24, 2.45) is 0 Å². The van der Waals surface area contributed by atoms with E-state index >= 15 is 0 Å². The summed E-state index contributed by atoms with van der Waals surface area (Å²) in [6.07, 6.45) is 1.09. The van der Waals surface area contributed by atoms with Gasteiger partial charge in [-0.15, -0.1) is 0 Å². The Labute approximate surface area is 123 Å². The summed E-state index contributed by atoms with van der Waals surface area (Å²) in [5.74, 6) is -0.0700. The molecule has 1 aromatic carbocycles. The van der Waals surface area contributed by atoms with Crippen molar-refractivity contribution in [3.8, 4) is 0 Å². The molecule has 0 saturated carbocycles. The van der Waals surface area contributed by atoms with E-state index in [4.69, 9.17) is 5.11 Å². The monoisotopic (exact) mass is 289 g/mol. The van der Waals surface area contributed by atoms with Crippen LogP contribution in [-0.2, 0) is 17.8 Å². The zero-order chi connectivity index (χ0) is 15.6. The van der Waals surface area contributed by atoms with Crippen LogP contribution in [0.5, 0.6) is 0 Å². The van der Waals surface area contributed by atoms with Gasteiger partial charge in [0, 0.05) is 33.5 Å². The zero-order valence-electron chi connectivity index (χ0n) is 12.5. The van der Waals surface area contributed by atoms with Gasteiger partial charge in [-0.3, -0.25) is 4.79 Å². The maximum Gasteiger partial charge on any atom is 0.335 e. The first-order valence-electron chi connectivity index (χ1n) is 6.86. The van der Waals surface area contributed by atoms with Crippen molar-refractivity contribution in [1.29, 1.82) is 0 Å². The largest absolute Gasteiger partial charge is 0.478 e. The molecule has 6 heteroatoms. The van der Waals surface area contributed by atoms with Crippen molar-refractivity contribution in [2.75, 3.05) is 14.1 Å². The number of amides is 1. The molecule has 6 nitrogen and oxygen atoms in total. The second-order valence-corrected chi connectivity index (χ2v) is 5.08. The maximum absolute atomic E-state index is 11.7. The minimum absolute atomic E-state index is 0.0355. The highest BCUT2D eigenvalue weighted by molar-refractivity contribution is 5.92. The molecule has 0 atom stereocenters. The number of carbonyl (C=O) groups is 2. The van der Waals surface area contributed by atoms with E-state index in [2.05, 4.69) is 4.98 Å². The van der Waals surface area contributed by atoms with Crippen molar-refractivity contribution < 1.29 is 14.7 Å². The average Bonchev–Trinajstić information content (AvgIpc) is 2.81. The van der Waals surface area contributed by atoms with Crippen LogP contribution in [0.25, 0.3) is 11.0 Å². The molecule has 1 heterocycles. The van der Waals surface area contributed by atoms with Crippen molar-refractivity contribution in [2.45, 2.75) is 26.3 Å². The van der Waals surface area contributed by atoms with Crippen LogP contribution in [0.4, 0.5) is 0 Å². The van der Waals surface area contributed by atoms with Crippen molar-refractivity contribution >= 4 is 22.9 Å². The summed E-state index contributed by atoms with van der Waals surface area (Å²) in [6.45, 7) is 2.49. The van der Waals surface area contributed by atoms with Gasteiger partial charge in [-0.25, -0.2) is 9.78 Å². The van der Waals surface area contributed by atoms with Gasteiger partial charge in [-0.1, -0.05) is 6.92 Å². The number of carbonyl (C=O) groups excluding carboxylic acids is 1. The second-order valence-electron chi connectivity index (χ2n) is 5.08. The summed E-state index contributed by atoms with van der Waals surface area (Å²) in [7, 11) is 3.44. The van der Waals surface area contributed by atoms with Gasteiger partial charge in [0.1, 0.15) is 5.82 Å². The molecule has 2 rings (SSSR count). The fraction of sp³-hybridized carbons (Fsp3) is 0.400. The number of aromatic nitrogens is 2. The minimum Gasteiger partial charge on any atom is -0.478 e. The third kappa shape index (κ3) is 3.04. The normalized spacial score (nSPS) is 10.8. The van der Waals surface area contributed by atoms with Crippen LogP contribution >= 0.6 is 0 Å². The van der Waals surface area contributed by atoms with E-state index in [1.54, 1.807) is 37.2 Å². The van der Waals surface area contributed by atoms with Gasteiger partial charge in [0.2, 0.25) is 5.91 Å². The summed E-state index contributed by atoms with van der Waals surface area (Å²) >= 11 is 0. The first-order valence-corrected chi connectivity index (χ1v) is 6.86. The third-order valence-corrected chi connectivity index (χ3v) is 3.44. The molecular formula is C15H19N3O3. The van der Waals surface area contributed by atoms with Gasteiger partial charge < -0.3 is 14.6 Å². The molecule has 1 amide bonds. The Morgan fingerprint density at radius 2 is 2.05 bits per heavy atom. The SMILES string of the molecule is CCc1nc2ccc(C(=O)O)cc2n1CCC(=O)N(C)C. The number of hydrogen-bond acceptors (Lipinski definition) is 3. The lowest BCUT2D eigenvalue weighted by molar-refractivity contribution is -0.128. The standard InChI is InChI=1S/C15H19N3O3/c1-4-13-16-11-6-5-10(15(20)21)9-12(11)18(13)8-7-14(19)17(2)3/h5-6,9H,4,7-8H2,1-3H3,(H,20,21). The first-order chi connectivity index (χ1) is 9.93. The fourth-order valence-electron chi connectivity index (χ4n) is 2.26. The van der Waals surface area contributed by atoms with E-state index in [9.17, 15) is 9.59 Å². The number of hydrogen-bond donors (Lipinski definition) is 1. The predicted octanol–water partition coefficient (Wildman–Crippen LogP) is 1.78. The highest BCUT2D eigenvalue weighted by atomic mass is 16.4. The number of carboxylic acid groups (broad SMARTS) is 1. The van der Waals surface area contributed by atoms with E-state index in [1.165, 1.54) is 0 Å². The Bertz CT molecular complexity index is 689. The van der Waals surface area contributed by atoms with Crippen LogP contribution < -0.4 is 0 Å². The van der Waals surface area contributed by atoms with Crippen LogP contribution in [0.2, 0.25) is 0 Å². The van der Waals surface area contributed by atoms with Crippen molar-refractivity contribution in [1.82, 2.24) is 14.5 Å². The van der Waals surface area contributed by atoms with Gasteiger partial charge in [-0.05, 0) is 18.2 Å². The lowest BCUT2D eigenvalue weighted by Gasteiger charge is -2.12. The van der Waals surface area contributed by atoms with Crippen LogP contribution in [0.3, 0.4) is 0 Å². The Morgan fingerprint density at radius 3 is 2.62 bits per heavy atom. The van der Waals surface area contributed by atoms with E-state index < -0.39 is 5.97 Å². The van der Waals surface area contributed by atoms with Gasteiger partial charge in [0.15, 0.2) is 0 Å². The molecule has 0 aliphatic carbocycles. The molecule has 0 radical (unpaired) electrons. The maximum atomic E-state index is 11.7. The van der Waals surface area contributed by atoms with Crippen LogP contribution in [0, 0.1) is 0 Å². The van der Waals surface area contributed by atoms with E-state index in [1.807, 2.05) is 11.5 Å². The molecule has 0 aliphatic rings. The van der Waals surface area contributed by atoms with Gasteiger partial charge in [-0.2, -0.15) is 0 Å². The number of aryl methyl sites for hydroxylation is 2. The van der Waals surface area contributed by atoms with Crippen LogP contribution in [-0.4, -0.2) is 45.5 Å². The number of nitrogens with zero attached hydrogens (tertiary/aromatic N) is 3. The molecule has 0 bridgehead atoms. The molecular weight excluding hydrogens is 270 g/mol. The number of imidazole rings is 1. The van der Waals surface area contributed by atoms with E-state index in [-0.39, 0.29) is 11.5 Å². The quantitative estimate of drug-likeness (QED) is 0.910. The van der Waals surface area contributed by atoms with Crippen molar-refractivity contribution in [3.05, 3.63) is 29.6 Å². The Balaban J connectivity index is 2.41. The number of carboxylic acids is 1. The van der Waals surface area contributed by atoms with Gasteiger partial charge in [0.05, 0.1) is 16.6 Å². The first kappa shape index (κ1) is 15.0. The third-order valence-electron chi connectivity index (χ3n) is 3.44. The Kier molecular flexibility index (Phi) is 4.26. The van der Waals surface area contributed by atoms with E-state index in [0.29, 0.717) is 13.0 Å². The Hall–Kier alpha value is -2.37. The molecule has 112 valence electrons. The van der Waals surface area contributed by atoms with Crippen molar-refractivity contribution in [3.63, 3.8) is 0 Å². The topological polar surface area (TPSA) is 75.4 Å². The van der Waals surface area contributed by atoms with Crippen LogP contribution in [0.15, 0.2) is 18.2 Å². The molecule has 0 fully saturated rings. The molecule has 0 unspecified atom stereocenters. The average molecular weight is 289 g/mol. The molecule has 21 heavy (non-hydrogen) atoms. The lowest BCUT2D eigenvalue weighted by Crippen LogP contribution is -2.23. The molecule has 2 aromatic rings. The smallest absolute Gasteiger partial charge is 0.335 e. The molecule has 1 N–H and O–H groups in total. The number of rotatable bonds is 5. The number of aromatic carboxylic acids is 1. The summed E-state index contributed by atoms with van der Waals surface area (Å²) in [4.78, 5) is 28.9. The molecule has 0 aliphatic heterocycles. The molecule has 0 saturated heterocycles. The molecule has 1 aromatic heterocycles. The van der Waals surface area contributed by atoms with E-state index in [0.717, 1.165) is 23.3 Å². The summed E-state index contributed by atoms with van der Waals surface area (Å²) in [6, 6.07) is 4.87. The second kappa shape index (κ2) is 5.95. The minimum atomic E-state index is -0.966. The highest BCUT2D eigenvalue weighted by Gasteiger charge is 2.13. The summed E-state index contributed by atoms with van der Waals surface area (Å²) in [5, 5.41) is 9.10. The summed E-state index contributed by atoms with van der Waals surface area (Å²) in [5.41, 5.74) is 1.75. The fourth-order valence-corrected chi connectivity index (χ4v) is 2.26. The van der Waals surface area contributed by atoms with Crippen LogP contribution in [0.1, 0.15) is 29.5 Å². The number of benzene rings is 1. The number of fused-ring (bicyclic) bond motifs is 1. The van der Waals surface area contributed by atoms with Gasteiger partial charge >= 0.3 is 5.97 Å². The van der Waals surface area contributed by atoms with Gasteiger partial charge in [0.25, 0.3) is 0 Å². The highest BCUT2D eigenvalue weighted by Crippen LogP contribution is 2.19. The zero-order valence-corrected chi connectivity index (χ0v) is 12.5. The molecule has 0 spiro atoms. The summed E-state index contributed by atoms with van der Waals surface area (Å²) < 4.78 is 1.93.